The van der Waals surface area contributed by atoms with E-state index in [-0.39, 0.29) is 10.7 Å². The van der Waals surface area contributed by atoms with Crippen LogP contribution in [-0.2, 0) is 0 Å². The van der Waals surface area contributed by atoms with Crippen molar-refractivity contribution in [2.75, 3.05) is 17.2 Å². The second-order valence-electron chi connectivity index (χ2n) is 5.12. The zero-order chi connectivity index (χ0) is 16.1. The highest BCUT2D eigenvalue weighted by molar-refractivity contribution is 6.31. The van der Waals surface area contributed by atoms with Gasteiger partial charge < -0.3 is 10.6 Å². The zero-order valence-electron chi connectivity index (χ0n) is 12.2. The first-order valence-corrected chi connectivity index (χ1v) is 7.17. The van der Waals surface area contributed by atoms with Gasteiger partial charge >= 0.3 is 0 Å². The van der Waals surface area contributed by atoms with E-state index < -0.39 is 11.7 Å². The molecule has 2 rings (SSSR count). The average molecular weight is 323 g/mol. The molecular weight excluding hydrogens is 307 g/mol. The molecule has 116 valence electrons. The summed E-state index contributed by atoms with van der Waals surface area (Å²) in [7, 11) is 0. The molecule has 2 aromatic rings. The SMILES string of the molecule is CC(C)CNc1nccc(C(=O)Nc2ccc(F)c(Cl)c2)n1. The van der Waals surface area contributed by atoms with Crippen molar-refractivity contribution in [3.8, 4) is 0 Å². The van der Waals surface area contributed by atoms with Crippen molar-refractivity contribution in [3.05, 3.63) is 47.0 Å². The number of hydrogen-bond donors (Lipinski definition) is 2. The van der Waals surface area contributed by atoms with E-state index in [4.69, 9.17) is 11.6 Å². The van der Waals surface area contributed by atoms with Gasteiger partial charge in [-0.25, -0.2) is 14.4 Å². The minimum atomic E-state index is -0.540. The van der Waals surface area contributed by atoms with Crippen LogP contribution >= 0.6 is 11.6 Å². The quantitative estimate of drug-likeness (QED) is 0.882. The van der Waals surface area contributed by atoms with Gasteiger partial charge in [0.1, 0.15) is 11.5 Å². The molecule has 7 heteroatoms. The van der Waals surface area contributed by atoms with E-state index in [0.29, 0.717) is 24.1 Å². The maximum absolute atomic E-state index is 13.1. The van der Waals surface area contributed by atoms with Crippen molar-refractivity contribution in [1.29, 1.82) is 0 Å². The Labute approximate surface area is 132 Å². The van der Waals surface area contributed by atoms with Crippen molar-refractivity contribution < 1.29 is 9.18 Å². The Bertz CT molecular complexity index is 678. The Morgan fingerprint density at radius 3 is 2.82 bits per heavy atom. The second-order valence-corrected chi connectivity index (χ2v) is 5.53. The Morgan fingerprint density at radius 1 is 1.36 bits per heavy atom. The van der Waals surface area contributed by atoms with Gasteiger partial charge in [-0.15, -0.1) is 0 Å². The number of hydrogen-bond acceptors (Lipinski definition) is 4. The molecule has 0 atom stereocenters. The topological polar surface area (TPSA) is 66.9 Å². The number of rotatable bonds is 5. The fourth-order valence-electron chi connectivity index (χ4n) is 1.63. The lowest BCUT2D eigenvalue weighted by molar-refractivity contribution is 0.102. The molecule has 5 nitrogen and oxygen atoms in total. The van der Waals surface area contributed by atoms with Crippen LogP contribution in [0.2, 0.25) is 5.02 Å². The lowest BCUT2D eigenvalue weighted by Crippen LogP contribution is -2.16. The zero-order valence-corrected chi connectivity index (χ0v) is 13.0. The smallest absolute Gasteiger partial charge is 0.274 e. The van der Waals surface area contributed by atoms with Crippen LogP contribution in [0.3, 0.4) is 0 Å². The van der Waals surface area contributed by atoms with Crippen molar-refractivity contribution in [3.63, 3.8) is 0 Å². The molecule has 0 aliphatic rings. The number of amides is 1. The van der Waals surface area contributed by atoms with E-state index in [1.165, 1.54) is 30.5 Å². The third-order valence-electron chi connectivity index (χ3n) is 2.73. The minimum Gasteiger partial charge on any atom is -0.354 e. The summed E-state index contributed by atoms with van der Waals surface area (Å²) in [5.74, 6) is -0.138. The third-order valence-corrected chi connectivity index (χ3v) is 3.02. The summed E-state index contributed by atoms with van der Waals surface area (Å²) in [6, 6.07) is 5.46. The Hall–Kier alpha value is -2.21. The molecule has 1 amide bonds. The maximum atomic E-state index is 13.1. The molecular formula is C15H16ClFN4O. The minimum absolute atomic E-state index is 0.0558. The largest absolute Gasteiger partial charge is 0.354 e. The van der Waals surface area contributed by atoms with Gasteiger partial charge in [0.15, 0.2) is 0 Å². The number of carbonyl (C=O) groups is 1. The number of aromatic nitrogens is 2. The molecule has 2 N–H and O–H groups in total. The molecule has 22 heavy (non-hydrogen) atoms. The lowest BCUT2D eigenvalue weighted by Gasteiger charge is -2.09. The van der Waals surface area contributed by atoms with Gasteiger partial charge in [-0.3, -0.25) is 4.79 Å². The van der Waals surface area contributed by atoms with Crippen LogP contribution in [-0.4, -0.2) is 22.4 Å². The molecule has 0 bridgehead atoms. The Balaban J connectivity index is 2.08. The van der Waals surface area contributed by atoms with E-state index in [1.54, 1.807) is 0 Å². The van der Waals surface area contributed by atoms with Gasteiger partial charge in [-0.05, 0) is 30.2 Å². The molecule has 1 aromatic carbocycles. The highest BCUT2D eigenvalue weighted by Crippen LogP contribution is 2.19. The molecule has 0 aliphatic heterocycles. The van der Waals surface area contributed by atoms with Crippen molar-refractivity contribution >= 4 is 29.1 Å². The van der Waals surface area contributed by atoms with E-state index in [1.807, 2.05) is 0 Å². The number of carbonyl (C=O) groups excluding carboxylic acids is 1. The van der Waals surface area contributed by atoms with Crippen LogP contribution in [0.4, 0.5) is 16.0 Å². The van der Waals surface area contributed by atoms with Crippen LogP contribution in [0.15, 0.2) is 30.5 Å². The number of benzene rings is 1. The fourth-order valence-corrected chi connectivity index (χ4v) is 1.82. The third kappa shape index (κ3) is 4.39. The van der Waals surface area contributed by atoms with Gasteiger partial charge in [-0.2, -0.15) is 0 Å². The van der Waals surface area contributed by atoms with Gasteiger partial charge in [0.05, 0.1) is 5.02 Å². The van der Waals surface area contributed by atoms with Crippen LogP contribution in [0, 0.1) is 11.7 Å². The standard InChI is InChI=1S/C15H16ClFN4O/c1-9(2)8-19-15-18-6-5-13(21-15)14(22)20-10-3-4-12(17)11(16)7-10/h3-7,9H,8H2,1-2H3,(H,20,22)(H,18,19,21). The molecule has 0 radical (unpaired) electrons. The molecule has 0 spiro atoms. The predicted molar refractivity (Wildman–Crippen MR) is 84.7 cm³/mol. The highest BCUT2D eigenvalue weighted by atomic mass is 35.5. The molecule has 0 fully saturated rings. The fraction of sp³-hybridized carbons (Fsp3) is 0.267. The van der Waals surface area contributed by atoms with Crippen LogP contribution in [0.25, 0.3) is 0 Å². The second kappa shape index (κ2) is 7.17. The first-order chi connectivity index (χ1) is 10.5. The van der Waals surface area contributed by atoms with Gasteiger partial charge in [0, 0.05) is 18.4 Å². The number of halogens is 2. The Kier molecular flexibility index (Phi) is 5.27. The van der Waals surface area contributed by atoms with Crippen molar-refractivity contribution in [2.24, 2.45) is 5.92 Å². The summed E-state index contributed by atoms with van der Waals surface area (Å²) in [4.78, 5) is 20.3. The van der Waals surface area contributed by atoms with E-state index in [2.05, 4.69) is 34.4 Å². The molecule has 1 aromatic heterocycles. The van der Waals surface area contributed by atoms with Crippen LogP contribution in [0.1, 0.15) is 24.3 Å². The molecule has 0 aliphatic carbocycles. The summed E-state index contributed by atoms with van der Waals surface area (Å²) in [6.45, 7) is 4.82. The summed E-state index contributed by atoms with van der Waals surface area (Å²) in [5.41, 5.74) is 0.605. The normalized spacial score (nSPS) is 10.6. The molecule has 1 heterocycles. The van der Waals surface area contributed by atoms with Gasteiger partial charge in [-0.1, -0.05) is 25.4 Å². The molecule has 0 saturated heterocycles. The van der Waals surface area contributed by atoms with Crippen molar-refractivity contribution in [1.82, 2.24) is 9.97 Å². The lowest BCUT2D eigenvalue weighted by atomic mass is 10.2. The summed E-state index contributed by atoms with van der Waals surface area (Å²) >= 11 is 5.68. The van der Waals surface area contributed by atoms with E-state index >= 15 is 0 Å². The van der Waals surface area contributed by atoms with Crippen molar-refractivity contribution in [2.45, 2.75) is 13.8 Å². The van der Waals surface area contributed by atoms with E-state index in [0.717, 1.165) is 0 Å². The molecule has 0 saturated carbocycles. The van der Waals surface area contributed by atoms with E-state index in [9.17, 15) is 9.18 Å². The maximum Gasteiger partial charge on any atom is 0.274 e. The average Bonchev–Trinajstić information content (AvgIpc) is 2.49. The van der Waals surface area contributed by atoms with Gasteiger partial charge in [0.25, 0.3) is 5.91 Å². The monoisotopic (exact) mass is 322 g/mol. The van der Waals surface area contributed by atoms with Crippen LogP contribution < -0.4 is 10.6 Å². The summed E-state index contributed by atoms with van der Waals surface area (Å²) < 4.78 is 13.1. The Morgan fingerprint density at radius 2 is 2.14 bits per heavy atom. The predicted octanol–water partition coefficient (Wildman–Crippen LogP) is 3.59. The number of nitrogens with one attached hydrogen (secondary N) is 2. The summed E-state index contributed by atoms with van der Waals surface area (Å²) in [6.07, 6.45) is 1.50. The van der Waals surface area contributed by atoms with Crippen LogP contribution in [0.5, 0.6) is 0 Å². The van der Waals surface area contributed by atoms with Gasteiger partial charge in [0.2, 0.25) is 5.95 Å². The molecule has 0 unspecified atom stereocenters. The highest BCUT2D eigenvalue weighted by Gasteiger charge is 2.10. The first kappa shape index (κ1) is 16.2. The number of anilines is 2. The summed E-state index contributed by atoms with van der Waals surface area (Å²) in [5, 5.41) is 5.60. The first-order valence-electron chi connectivity index (χ1n) is 6.79. The number of nitrogens with zero attached hydrogens (tertiary/aromatic N) is 2.